The van der Waals surface area contributed by atoms with Crippen LogP contribution in [0.3, 0.4) is 0 Å². The van der Waals surface area contributed by atoms with Crippen molar-refractivity contribution in [2.75, 3.05) is 0 Å². The second-order valence-corrected chi connectivity index (χ2v) is 7.93. The highest BCUT2D eigenvalue weighted by molar-refractivity contribution is 5.85. The molecule has 0 unspecified atom stereocenters. The van der Waals surface area contributed by atoms with Crippen LogP contribution in [-0.2, 0) is 11.8 Å². The quantitative estimate of drug-likeness (QED) is 0.726. The van der Waals surface area contributed by atoms with E-state index in [9.17, 15) is 4.79 Å². The van der Waals surface area contributed by atoms with Gasteiger partial charge < -0.3 is 14.6 Å². The van der Waals surface area contributed by atoms with E-state index in [2.05, 4.69) is 21.6 Å². The molecule has 0 aliphatic rings. The Labute approximate surface area is 159 Å². The molecule has 3 heterocycles. The van der Waals surface area contributed by atoms with Crippen LogP contribution in [0.25, 0.3) is 22.2 Å². The van der Waals surface area contributed by atoms with Gasteiger partial charge in [-0.2, -0.15) is 5.10 Å². The Bertz CT molecular complexity index is 974. The van der Waals surface area contributed by atoms with Crippen molar-refractivity contribution in [3.8, 4) is 11.1 Å². The Morgan fingerprint density at radius 1 is 1.33 bits per heavy atom. The Balaban J connectivity index is 2.08. The maximum absolute atomic E-state index is 12.3. The lowest BCUT2D eigenvalue weighted by Crippen LogP contribution is -2.34. The number of alkyl carbamates (subject to hydrolysis) is 1. The molecule has 2 N–H and O–H groups in total. The molecule has 0 radical (unpaired) electrons. The molecular weight excluding hydrogens is 342 g/mol. The molecule has 7 heteroatoms. The molecule has 1 amide bonds. The third-order valence-electron chi connectivity index (χ3n) is 4.44. The van der Waals surface area contributed by atoms with E-state index in [0.717, 1.165) is 39.2 Å². The summed E-state index contributed by atoms with van der Waals surface area (Å²) in [7, 11) is 1.99. The van der Waals surface area contributed by atoms with Crippen molar-refractivity contribution in [1.29, 1.82) is 0 Å². The lowest BCUT2D eigenvalue weighted by atomic mass is 9.98. The molecule has 0 spiro atoms. The third kappa shape index (κ3) is 3.82. The highest BCUT2D eigenvalue weighted by atomic mass is 16.6. The molecule has 1 atom stereocenters. The Kier molecular flexibility index (Phi) is 4.71. The van der Waals surface area contributed by atoms with E-state index in [4.69, 9.17) is 9.72 Å². The highest BCUT2D eigenvalue weighted by Crippen LogP contribution is 2.33. The molecule has 3 aromatic rings. The first kappa shape index (κ1) is 18.9. The van der Waals surface area contributed by atoms with Crippen molar-refractivity contribution in [2.24, 2.45) is 7.05 Å². The van der Waals surface area contributed by atoms with Crippen LogP contribution in [0.15, 0.2) is 18.3 Å². The van der Waals surface area contributed by atoms with E-state index >= 15 is 0 Å². The van der Waals surface area contributed by atoms with Gasteiger partial charge in [0.05, 0.1) is 28.5 Å². The number of aromatic nitrogens is 4. The fraction of sp³-hybridized carbons (Fsp3) is 0.450. The van der Waals surface area contributed by atoms with E-state index in [-0.39, 0.29) is 6.04 Å². The van der Waals surface area contributed by atoms with Gasteiger partial charge in [-0.05, 0) is 53.7 Å². The second kappa shape index (κ2) is 6.72. The SMILES string of the molecule is Cc1n[nH]c(C)c1-c1cc2c(ccn2C)nc1[C@H](C)NC(=O)OC(C)(C)C. The predicted octanol–water partition coefficient (Wildman–Crippen LogP) is 4.17. The molecule has 0 fully saturated rings. The Morgan fingerprint density at radius 2 is 2.04 bits per heavy atom. The summed E-state index contributed by atoms with van der Waals surface area (Å²) in [6.45, 7) is 11.4. The van der Waals surface area contributed by atoms with Crippen molar-refractivity contribution in [3.05, 3.63) is 35.4 Å². The smallest absolute Gasteiger partial charge is 0.408 e. The molecule has 0 aliphatic carbocycles. The number of nitrogens with zero attached hydrogens (tertiary/aromatic N) is 3. The number of hydrogen-bond acceptors (Lipinski definition) is 4. The Morgan fingerprint density at radius 3 is 2.63 bits per heavy atom. The van der Waals surface area contributed by atoms with E-state index in [1.165, 1.54) is 0 Å². The van der Waals surface area contributed by atoms with Crippen LogP contribution in [0, 0.1) is 13.8 Å². The summed E-state index contributed by atoms with van der Waals surface area (Å²) in [6, 6.07) is 3.75. The zero-order valence-electron chi connectivity index (χ0n) is 17.0. The summed E-state index contributed by atoms with van der Waals surface area (Å²) in [6.07, 6.45) is 1.52. The van der Waals surface area contributed by atoms with Gasteiger partial charge in [-0.1, -0.05) is 0 Å². The number of fused-ring (bicyclic) bond motifs is 1. The van der Waals surface area contributed by atoms with Crippen LogP contribution < -0.4 is 5.32 Å². The minimum Gasteiger partial charge on any atom is -0.444 e. The number of ether oxygens (including phenoxy) is 1. The van der Waals surface area contributed by atoms with Gasteiger partial charge in [0.15, 0.2) is 0 Å². The molecule has 3 rings (SSSR count). The van der Waals surface area contributed by atoms with Crippen molar-refractivity contribution < 1.29 is 9.53 Å². The number of carbonyl (C=O) groups excluding carboxylic acids is 1. The van der Waals surface area contributed by atoms with Crippen LogP contribution >= 0.6 is 0 Å². The average molecular weight is 369 g/mol. The standard InChI is InChI=1S/C20H27N5O2/c1-11-17(12(2)24-23-11)14-10-16-15(8-9-25(16)7)22-18(14)13(3)21-19(26)27-20(4,5)6/h8-10,13H,1-7H3,(H,21,26)(H,23,24)/t13-/m0/s1. The van der Waals surface area contributed by atoms with Crippen molar-refractivity contribution in [3.63, 3.8) is 0 Å². The maximum atomic E-state index is 12.3. The first-order valence-electron chi connectivity index (χ1n) is 9.04. The van der Waals surface area contributed by atoms with Crippen LogP contribution in [-0.4, -0.2) is 31.4 Å². The number of amides is 1. The largest absolute Gasteiger partial charge is 0.444 e. The highest BCUT2D eigenvalue weighted by Gasteiger charge is 2.23. The first-order chi connectivity index (χ1) is 12.6. The summed E-state index contributed by atoms with van der Waals surface area (Å²) in [5.41, 5.74) is 5.97. The molecule has 0 aromatic carbocycles. The molecule has 0 bridgehead atoms. The van der Waals surface area contributed by atoms with E-state index in [1.54, 1.807) is 0 Å². The van der Waals surface area contributed by atoms with Gasteiger partial charge in [-0.15, -0.1) is 0 Å². The lowest BCUT2D eigenvalue weighted by molar-refractivity contribution is 0.0507. The van der Waals surface area contributed by atoms with Gasteiger partial charge in [-0.3, -0.25) is 5.10 Å². The third-order valence-corrected chi connectivity index (χ3v) is 4.44. The van der Waals surface area contributed by atoms with Crippen molar-refractivity contribution >= 4 is 17.1 Å². The zero-order valence-corrected chi connectivity index (χ0v) is 17.0. The summed E-state index contributed by atoms with van der Waals surface area (Å²) in [5, 5.41) is 10.3. The molecule has 0 aliphatic heterocycles. The number of nitrogens with one attached hydrogen (secondary N) is 2. The molecule has 0 saturated heterocycles. The number of H-pyrrole nitrogens is 1. The average Bonchev–Trinajstić information content (AvgIpc) is 3.07. The molecule has 0 saturated carbocycles. The van der Waals surface area contributed by atoms with Gasteiger partial charge in [0, 0.05) is 30.1 Å². The summed E-state index contributed by atoms with van der Waals surface area (Å²) >= 11 is 0. The van der Waals surface area contributed by atoms with Gasteiger partial charge in [0.1, 0.15) is 5.60 Å². The van der Waals surface area contributed by atoms with Crippen LogP contribution in [0.2, 0.25) is 0 Å². The maximum Gasteiger partial charge on any atom is 0.408 e. The monoisotopic (exact) mass is 369 g/mol. The van der Waals surface area contributed by atoms with Crippen LogP contribution in [0.4, 0.5) is 4.79 Å². The van der Waals surface area contributed by atoms with Crippen LogP contribution in [0.5, 0.6) is 0 Å². The molecule has 3 aromatic heterocycles. The van der Waals surface area contributed by atoms with Gasteiger partial charge in [0.2, 0.25) is 0 Å². The van der Waals surface area contributed by atoms with Crippen molar-refractivity contribution in [1.82, 2.24) is 25.1 Å². The number of aromatic amines is 1. The molecular formula is C20H27N5O2. The number of rotatable bonds is 3. The minimum atomic E-state index is -0.554. The number of aryl methyl sites for hydroxylation is 3. The zero-order chi connectivity index (χ0) is 19.9. The molecule has 7 nitrogen and oxygen atoms in total. The molecule has 27 heavy (non-hydrogen) atoms. The van der Waals surface area contributed by atoms with Crippen molar-refractivity contribution in [2.45, 2.75) is 53.2 Å². The minimum absolute atomic E-state index is 0.326. The van der Waals surface area contributed by atoms with Gasteiger partial charge in [0.25, 0.3) is 0 Å². The van der Waals surface area contributed by atoms with Gasteiger partial charge in [-0.25, -0.2) is 9.78 Å². The lowest BCUT2D eigenvalue weighted by Gasteiger charge is -2.23. The van der Waals surface area contributed by atoms with Gasteiger partial charge >= 0.3 is 6.09 Å². The van der Waals surface area contributed by atoms with E-state index < -0.39 is 11.7 Å². The number of hydrogen-bond donors (Lipinski definition) is 2. The normalized spacial score (nSPS) is 13.0. The second-order valence-electron chi connectivity index (χ2n) is 7.93. The van der Waals surface area contributed by atoms with Crippen LogP contribution in [0.1, 0.15) is 50.8 Å². The first-order valence-corrected chi connectivity index (χ1v) is 9.04. The Hall–Kier alpha value is -2.83. The number of pyridine rings is 1. The summed E-state index contributed by atoms with van der Waals surface area (Å²) in [4.78, 5) is 17.1. The summed E-state index contributed by atoms with van der Waals surface area (Å²) < 4.78 is 7.43. The van der Waals surface area contributed by atoms with E-state index in [1.807, 2.05) is 65.4 Å². The number of carbonyl (C=O) groups is 1. The molecule has 144 valence electrons. The predicted molar refractivity (Wildman–Crippen MR) is 106 cm³/mol. The van der Waals surface area contributed by atoms with E-state index in [0.29, 0.717) is 0 Å². The fourth-order valence-corrected chi connectivity index (χ4v) is 3.23. The summed E-state index contributed by atoms with van der Waals surface area (Å²) in [5.74, 6) is 0. The fourth-order valence-electron chi connectivity index (χ4n) is 3.23. The topological polar surface area (TPSA) is 84.8 Å².